The van der Waals surface area contributed by atoms with Crippen LogP contribution in [0.3, 0.4) is 0 Å². The lowest BCUT2D eigenvalue weighted by Gasteiger charge is -2.11. The van der Waals surface area contributed by atoms with Gasteiger partial charge in [0.15, 0.2) is 0 Å². The average Bonchev–Trinajstić information content (AvgIpc) is 2.21. The minimum Gasteiger partial charge on any atom is -0.285 e. The number of hydrogen-bond donors (Lipinski definition) is 0. The minimum atomic E-state index is 0.281. The molecule has 12 heavy (non-hydrogen) atoms. The van der Waals surface area contributed by atoms with Crippen LogP contribution in [0.2, 0.25) is 0 Å². The first-order valence-corrected chi connectivity index (χ1v) is 4.05. The summed E-state index contributed by atoms with van der Waals surface area (Å²) in [5.41, 5.74) is 1.19. The third-order valence-electron chi connectivity index (χ3n) is 1.92. The average molecular weight is 158 g/mol. The van der Waals surface area contributed by atoms with E-state index in [9.17, 15) is 0 Å². The van der Waals surface area contributed by atoms with Crippen LogP contribution in [-0.4, -0.2) is 11.2 Å². The molecular formula is C10H10N2. The molecule has 2 heterocycles. The number of aliphatic imine (C=N–C) groups is 1. The molecule has 0 fully saturated rings. The molecule has 1 aliphatic rings. The Hall–Kier alpha value is -1.44. The minimum absolute atomic E-state index is 0.281. The van der Waals surface area contributed by atoms with Crippen LogP contribution in [0, 0.1) is 0 Å². The van der Waals surface area contributed by atoms with Crippen molar-refractivity contribution in [2.45, 2.75) is 12.5 Å². The summed E-state index contributed by atoms with van der Waals surface area (Å²) in [6, 6.07) is 4.29. The van der Waals surface area contributed by atoms with Gasteiger partial charge in [0, 0.05) is 18.6 Å². The SMILES string of the molecule is C1=CCC(c2cccnc2)N=C1. The monoisotopic (exact) mass is 158 g/mol. The lowest BCUT2D eigenvalue weighted by atomic mass is 10.1. The summed E-state index contributed by atoms with van der Waals surface area (Å²) in [7, 11) is 0. The zero-order valence-electron chi connectivity index (χ0n) is 6.72. The Morgan fingerprint density at radius 3 is 3.08 bits per heavy atom. The van der Waals surface area contributed by atoms with Gasteiger partial charge in [-0.3, -0.25) is 9.98 Å². The van der Waals surface area contributed by atoms with Crippen molar-refractivity contribution < 1.29 is 0 Å². The molecule has 0 aromatic carbocycles. The molecule has 1 aromatic rings. The van der Waals surface area contributed by atoms with Gasteiger partial charge in [-0.2, -0.15) is 0 Å². The number of dihydropyridines is 1. The second-order valence-corrected chi connectivity index (χ2v) is 2.76. The fraction of sp³-hybridized carbons (Fsp3) is 0.200. The van der Waals surface area contributed by atoms with Gasteiger partial charge in [-0.15, -0.1) is 0 Å². The van der Waals surface area contributed by atoms with Crippen LogP contribution in [-0.2, 0) is 0 Å². The van der Waals surface area contributed by atoms with Crippen LogP contribution in [0.25, 0.3) is 0 Å². The fourth-order valence-corrected chi connectivity index (χ4v) is 1.28. The Kier molecular flexibility index (Phi) is 1.99. The first kappa shape index (κ1) is 7.22. The van der Waals surface area contributed by atoms with E-state index in [1.807, 2.05) is 24.6 Å². The second-order valence-electron chi connectivity index (χ2n) is 2.76. The number of pyridine rings is 1. The molecule has 1 aromatic heterocycles. The van der Waals surface area contributed by atoms with Crippen LogP contribution in [0.4, 0.5) is 0 Å². The van der Waals surface area contributed by atoms with Crippen LogP contribution >= 0.6 is 0 Å². The molecule has 2 heteroatoms. The maximum atomic E-state index is 4.35. The summed E-state index contributed by atoms with van der Waals surface area (Å²) >= 11 is 0. The lowest BCUT2D eigenvalue weighted by Crippen LogP contribution is -1.97. The third-order valence-corrected chi connectivity index (χ3v) is 1.92. The van der Waals surface area contributed by atoms with Gasteiger partial charge in [0.2, 0.25) is 0 Å². The number of rotatable bonds is 1. The van der Waals surface area contributed by atoms with Gasteiger partial charge in [0.05, 0.1) is 6.04 Å². The van der Waals surface area contributed by atoms with Gasteiger partial charge in [-0.1, -0.05) is 12.1 Å². The number of allylic oxidation sites excluding steroid dienone is 1. The highest BCUT2D eigenvalue weighted by Gasteiger charge is 2.08. The van der Waals surface area contributed by atoms with Crippen molar-refractivity contribution in [1.29, 1.82) is 0 Å². The Morgan fingerprint density at radius 2 is 2.42 bits per heavy atom. The molecule has 0 bridgehead atoms. The van der Waals surface area contributed by atoms with E-state index >= 15 is 0 Å². The van der Waals surface area contributed by atoms with Crippen molar-refractivity contribution in [2.24, 2.45) is 4.99 Å². The van der Waals surface area contributed by atoms with Gasteiger partial charge in [0.25, 0.3) is 0 Å². The topological polar surface area (TPSA) is 25.2 Å². The van der Waals surface area contributed by atoms with E-state index in [-0.39, 0.29) is 6.04 Å². The number of nitrogens with zero attached hydrogens (tertiary/aromatic N) is 2. The Bertz CT molecular complexity index is 301. The maximum Gasteiger partial charge on any atom is 0.0798 e. The quantitative estimate of drug-likeness (QED) is 0.614. The number of aromatic nitrogens is 1. The maximum absolute atomic E-state index is 4.35. The van der Waals surface area contributed by atoms with Crippen LogP contribution in [0.1, 0.15) is 18.0 Å². The zero-order valence-corrected chi connectivity index (χ0v) is 6.72. The largest absolute Gasteiger partial charge is 0.285 e. The van der Waals surface area contributed by atoms with Crippen molar-refractivity contribution in [3.63, 3.8) is 0 Å². The van der Waals surface area contributed by atoms with Gasteiger partial charge >= 0.3 is 0 Å². The summed E-state index contributed by atoms with van der Waals surface area (Å²) in [4.78, 5) is 8.41. The first-order chi connectivity index (χ1) is 5.97. The normalized spacial score (nSPS) is 21.2. The Morgan fingerprint density at radius 1 is 1.42 bits per heavy atom. The van der Waals surface area contributed by atoms with Gasteiger partial charge in [-0.05, 0) is 24.1 Å². The summed E-state index contributed by atoms with van der Waals surface area (Å²) in [6.07, 6.45) is 10.6. The van der Waals surface area contributed by atoms with Crippen LogP contribution in [0.5, 0.6) is 0 Å². The predicted molar refractivity (Wildman–Crippen MR) is 49.2 cm³/mol. The van der Waals surface area contributed by atoms with E-state index in [1.54, 1.807) is 6.20 Å². The predicted octanol–water partition coefficient (Wildman–Crippen LogP) is 2.15. The molecule has 1 atom stereocenters. The summed E-state index contributed by atoms with van der Waals surface area (Å²) in [5, 5.41) is 0. The molecule has 2 nitrogen and oxygen atoms in total. The molecule has 0 spiro atoms. The molecule has 0 radical (unpaired) electrons. The molecule has 0 saturated carbocycles. The van der Waals surface area contributed by atoms with Crippen molar-refractivity contribution >= 4 is 6.21 Å². The molecule has 0 amide bonds. The van der Waals surface area contributed by atoms with E-state index < -0.39 is 0 Å². The molecule has 2 rings (SSSR count). The van der Waals surface area contributed by atoms with Crippen molar-refractivity contribution in [1.82, 2.24) is 4.98 Å². The molecule has 0 saturated heterocycles. The Balaban J connectivity index is 2.21. The smallest absolute Gasteiger partial charge is 0.0798 e. The van der Waals surface area contributed by atoms with E-state index in [0.29, 0.717) is 0 Å². The summed E-state index contributed by atoms with van der Waals surface area (Å²) in [5.74, 6) is 0. The molecule has 0 aliphatic carbocycles. The first-order valence-electron chi connectivity index (χ1n) is 4.05. The second kappa shape index (κ2) is 3.30. The highest BCUT2D eigenvalue weighted by atomic mass is 14.8. The standard InChI is InChI=1S/C10H10N2/c1-2-7-12-10(5-1)9-4-3-6-11-8-9/h1-4,6-8,10H,5H2. The van der Waals surface area contributed by atoms with Crippen molar-refractivity contribution in [3.8, 4) is 0 Å². The van der Waals surface area contributed by atoms with E-state index in [4.69, 9.17) is 0 Å². The summed E-state index contributed by atoms with van der Waals surface area (Å²) < 4.78 is 0. The molecular weight excluding hydrogens is 148 g/mol. The van der Waals surface area contributed by atoms with Crippen molar-refractivity contribution in [3.05, 3.63) is 42.2 Å². The van der Waals surface area contributed by atoms with E-state index in [1.165, 1.54) is 5.56 Å². The van der Waals surface area contributed by atoms with Crippen LogP contribution < -0.4 is 0 Å². The molecule has 60 valence electrons. The van der Waals surface area contributed by atoms with E-state index in [0.717, 1.165) is 6.42 Å². The van der Waals surface area contributed by atoms with Gasteiger partial charge < -0.3 is 0 Å². The fourth-order valence-electron chi connectivity index (χ4n) is 1.28. The van der Waals surface area contributed by atoms with Crippen molar-refractivity contribution in [2.75, 3.05) is 0 Å². The Labute approximate surface area is 71.7 Å². The van der Waals surface area contributed by atoms with Crippen LogP contribution in [0.15, 0.2) is 41.7 Å². The zero-order chi connectivity index (χ0) is 8.23. The van der Waals surface area contributed by atoms with Gasteiger partial charge in [0.1, 0.15) is 0 Å². The highest BCUT2D eigenvalue weighted by Crippen LogP contribution is 2.21. The molecule has 1 aliphatic heterocycles. The third kappa shape index (κ3) is 1.42. The highest BCUT2D eigenvalue weighted by molar-refractivity contribution is 5.72. The van der Waals surface area contributed by atoms with E-state index in [2.05, 4.69) is 22.1 Å². The molecule has 1 unspecified atom stereocenters. The summed E-state index contributed by atoms with van der Waals surface area (Å²) in [6.45, 7) is 0. The molecule has 0 N–H and O–H groups in total. The number of hydrogen-bond acceptors (Lipinski definition) is 2. The lowest BCUT2D eigenvalue weighted by molar-refractivity contribution is 0.736. The van der Waals surface area contributed by atoms with Gasteiger partial charge in [-0.25, -0.2) is 0 Å².